The topological polar surface area (TPSA) is 110 Å². The number of nitrogens with zero attached hydrogens (tertiary/aromatic N) is 2. The van der Waals surface area contributed by atoms with E-state index in [2.05, 4.69) is 15.1 Å². The third kappa shape index (κ3) is 4.45. The van der Waals surface area contributed by atoms with Crippen LogP contribution in [0.4, 0.5) is 11.4 Å². The van der Waals surface area contributed by atoms with Gasteiger partial charge in [0.25, 0.3) is 11.5 Å². The molecule has 8 nitrogen and oxygen atoms in total. The molecule has 0 atom stereocenters. The maximum Gasteiger partial charge on any atom is 0.276 e. The highest BCUT2D eigenvalue weighted by atomic mass is 32.2. The maximum absolute atomic E-state index is 12.9. The molecule has 2 N–H and O–H groups in total. The highest BCUT2D eigenvalue weighted by Crippen LogP contribution is 2.19. The number of aromatic nitrogens is 2. The molecule has 1 aromatic heterocycles. The fourth-order valence-electron chi connectivity index (χ4n) is 2.79. The second kappa shape index (κ2) is 8.04. The van der Waals surface area contributed by atoms with Gasteiger partial charge < -0.3 is 5.32 Å². The Hall–Kier alpha value is -3.20. The lowest BCUT2D eigenvalue weighted by Crippen LogP contribution is -2.28. The molecule has 0 aliphatic rings. The van der Waals surface area contributed by atoms with Crippen molar-refractivity contribution >= 4 is 38.1 Å². The van der Waals surface area contributed by atoms with Gasteiger partial charge in [0.2, 0.25) is 10.0 Å². The smallest absolute Gasteiger partial charge is 0.276 e. The van der Waals surface area contributed by atoms with Gasteiger partial charge in [-0.2, -0.15) is 5.10 Å². The van der Waals surface area contributed by atoms with E-state index in [-0.39, 0.29) is 23.0 Å². The Morgan fingerprint density at radius 2 is 1.62 bits per heavy atom. The zero-order valence-corrected chi connectivity index (χ0v) is 17.2. The molecule has 152 valence electrons. The van der Waals surface area contributed by atoms with Gasteiger partial charge in [0.1, 0.15) is 0 Å². The molecule has 0 radical (unpaired) electrons. The van der Waals surface area contributed by atoms with Gasteiger partial charge in [-0.3, -0.25) is 14.3 Å². The van der Waals surface area contributed by atoms with Crippen LogP contribution in [0.25, 0.3) is 10.8 Å². The van der Waals surface area contributed by atoms with Crippen molar-refractivity contribution in [1.82, 2.24) is 9.78 Å². The Morgan fingerprint density at radius 3 is 2.21 bits per heavy atom. The Morgan fingerprint density at radius 1 is 1.03 bits per heavy atom. The third-order valence-corrected chi connectivity index (χ3v) is 5.64. The molecule has 0 aliphatic heterocycles. The summed E-state index contributed by atoms with van der Waals surface area (Å²) in [6, 6.07) is 12.9. The van der Waals surface area contributed by atoms with Gasteiger partial charge in [-0.1, -0.05) is 18.2 Å². The average molecular weight is 414 g/mol. The number of rotatable bonds is 6. The molecule has 0 spiro atoms. The summed E-state index contributed by atoms with van der Waals surface area (Å²) in [4.78, 5) is 25.5. The molecular weight excluding hydrogens is 392 g/mol. The molecule has 0 fully saturated rings. The number of hydrogen-bond donors (Lipinski definition) is 2. The number of carbonyl (C=O) groups excluding carboxylic acids is 1. The van der Waals surface area contributed by atoms with Crippen LogP contribution in [0.1, 0.15) is 37.3 Å². The van der Waals surface area contributed by atoms with Crippen molar-refractivity contribution in [3.8, 4) is 0 Å². The third-order valence-electron chi connectivity index (χ3n) is 4.33. The molecule has 0 unspecified atom stereocenters. The molecule has 1 heterocycles. The predicted molar refractivity (Wildman–Crippen MR) is 114 cm³/mol. The summed E-state index contributed by atoms with van der Waals surface area (Å²) in [7, 11) is -3.37. The summed E-state index contributed by atoms with van der Waals surface area (Å²) in [5.74, 6) is -0.493. The second-order valence-corrected chi connectivity index (χ2v) is 8.79. The molecule has 1 amide bonds. The van der Waals surface area contributed by atoms with Crippen LogP contribution in [0.5, 0.6) is 0 Å². The van der Waals surface area contributed by atoms with Gasteiger partial charge in [0, 0.05) is 16.8 Å². The first-order valence-corrected chi connectivity index (χ1v) is 10.8. The van der Waals surface area contributed by atoms with Crippen LogP contribution in [0, 0.1) is 0 Å². The lowest BCUT2D eigenvalue weighted by atomic mass is 10.1. The number of fused-ring (bicyclic) bond motifs is 1. The number of carbonyl (C=O) groups is 1. The first-order valence-electron chi connectivity index (χ1n) is 9.15. The Kier molecular flexibility index (Phi) is 5.69. The van der Waals surface area contributed by atoms with Crippen molar-refractivity contribution in [3.05, 3.63) is 64.6 Å². The van der Waals surface area contributed by atoms with Crippen molar-refractivity contribution in [2.24, 2.45) is 0 Å². The highest BCUT2D eigenvalue weighted by molar-refractivity contribution is 7.92. The molecule has 0 bridgehead atoms. The van der Waals surface area contributed by atoms with Crippen LogP contribution < -0.4 is 15.6 Å². The standard InChI is InChI=1S/C20H22N4O4S/c1-4-29(27,28)23-15-11-9-14(10-12-15)21-19(25)18-16-7-5-6-8-17(16)20(26)24(22-18)13(2)3/h5-13,23H,4H2,1-3H3,(H,21,25). The summed E-state index contributed by atoms with van der Waals surface area (Å²) in [6.07, 6.45) is 0. The Bertz CT molecular complexity index is 1220. The van der Waals surface area contributed by atoms with E-state index in [4.69, 9.17) is 0 Å². The van der Waals surface area contributed by atoms with Crippen molar-refractivity contribution in [1.29, 1.82) is 0 Å². The van der Waals surface area contributed by atoms with Crippen LogP contribution in [-0.2, 0) is 10.0 Å². The van der Waals surface area contributed by atoms with Crippen molar-refractivity contribution in [2.45, 2.75) is 26.8 Å². The van der Waals surface area contributed by atoms with Gasteiger partial charge in [0.05, 0.1) is 17.2 Å². The largest absolute Gasteiger partial charge is 0.321 e. The molecule has 3 aromatic rings. The van der Waals surface area contributed by atoms with E-state index in [0.717, 1.165) is 0 Å². The molecule has 0 saturated heterocycles. The number of amides is 1. The Balaban J connectivity index is 1.92. The number of anilines is 2. The van der Waals surface area contributed by atoms with Gasteiger partial charge in [-0.05, 0) is 51.1 Å². The molecule has 2 aromatic carbocycles. The minimum absolute atomic E-state index is 0.0320. The van der Waals surface area contributed by atoms with Crippen LogP contribution in [0.2, 0.25) is 0 Å². The summed E-state index contributed by atoms with van der Waals surface area (Å²) in [5.41, 5.74) is 0.772. The quantitative estimate of drug-likeness (QED) is 0.644. The van der Waals surface area contributed by atoms with Gasteiger partial charge in [0.15, 0.2) is 5.69 Å². The fourth-order valence-corrected chi connectivity index (χ4v) is 3.43. The summed E-state index contributed by atoms with van der Waals surface area (Å²) < 4.78 is 27.0. The lowest BCUT2D eigenvalue weighted by Gasteiger charge is -2.13. The van der Waals surface area contributed by atoms with E-state index in [1.54, 1.807) is 55.5 Å². The molecule has 0 saturated carbocycles. The molecule has 3 rings (SSSR count). The summed E-state index contributed by atoms with van der Waals surface area (Å²) in [5, 5.41) is 7.91. The van der Waals surface area contributed by atoms with E-state index in [1.807, 2.05) is 13.8 Å². The molecule has 9 heteroatoms. The average Bonchev–Trinajstić information content (AvgIpc) is 2.69. The van der Waals surface area contributed by atoms with Gasteiger partial charge >= 0.3 is 0 Å². The highest BCUT2D eigenvalue weighted by Gasteiger charge is 2.18. The SMILES string of the molecule is CCS(=O)(=O)Nc1ccc(NC(=O)c2nn(C(C)C)c(=O)c3ccccc23)cc1. The van der Waals surface area contributed by atoms with Crippen molar-refractivity contribution in [3.63, 3.8) is 0 Å². The molecule has 0 aliphatic carbocycles. The first-order chi connectivity index (χ1) is 13.7. The van der Waals surface area contributed by atoms with Crippen molar-refractivity contribution < 1.29 is 13.2 Å². The molecular formula is C20H22N4O4S. The van der Waals surface area contributed by atoms with E-state index >= 15 is 0 Å². The fraction of sp³-hybridized carbons (Fsp3) is 0.250. The number of hydrogen-bond acceptors (Lipinski definition) is 5. The van der Waals surface area contributed by atoms with Crippen LogP contribution in [-0.4, -0.2) is 29.9 Å². The maximum atomic E-state index is 12.9. The second-order valence-electron chi connectivity index (χ2n) is 6.77. The minimum atomic E-state index is -3.37. The van der Waals surface area contributed by atoms with Gasteiger partial charge in [-0.15, -0.1) is 0 Å². The number of sulfonamides is 1. The number of benzene rings is 2. The molecule has 29 heavy (non-hydrogen) atoms. The predicted octanol–water partition coefficient (Wildman–Crippen LogP) is 2.99. The first kappa shape index (κ1) is 20.5. The van der Waals surface area contributed by atoms with Crippen LogP contribution >= 0.6 is 0 Å². The van der Waals surface area contributed by atoms with Gasteiger partial charge in [-0.25, -0.2) is 13.1 Å². The van der Waals surface area contributed by atoms with E-state index in [9.17, 15) is 18.0 Å². The van der Waals surface area contributed by atoms with E-state index in [1.165, 1.54) is 4.68 Å². The number of nitrogens with one attached hydrogen (secondary N) is 2. The zero-order chi connectivity index (χ0) is 21.2. The van der Waals surface area contributed by atoms with Crippen LogP contribution in [0.15, 0.2) is 53.3 Å². The summed E-state index contributed by atoms with van der Waals surface area (Å²) in [6.45, 7) is 5.19. The van der Waals surface area contributed by atoms with E-state index in [0.29, 0.717) is 22.1 Å². The van der Waals surface area contributed by atoms with E-state index < -0.39 is 15.9 Å². The monoisotopic (exact) mass is 414 g/mol. The minimum Gasteiger partial charge on any atom is -0.321 e. The van der Waals surface area contributed by atoms with Crippen molar-refractivity contribution in [2.75, 3.05) is 15.8 Å². The van der Waals surface area contributed by atoms with Crippen LogP contribution in [0.3, 0.4) is 0 Å². The normalized spacial score (nSPS) is 11.6. The summed E-state index contributed by atoms with van der Waals surface area (Å²) >= 11 is 0. The Labute approximate surface area is 168 Å². The zero-order valence-electron chi connectivity index (χ0n) is 16.3. The lowest BCUT2D eigenvalue weighted by molar-refractivity contribution is 0.102.